The van der Waals surface area contributed by atoms with Gasteiger partial charge in [0.2, 0.25) is 0 Å². The average molecular weight is 276 g/mol. The molecule has 6 heteroatoms. The molecule has 0 radical (unpaired) electrons. The fourth-order valence-corrected chi connectivity index (χ4v) is 1.97. The first-order valence-electron chi connectivity index (χ1n) is 5.75. The lowest BCUT2D eigenvalue weighted by Crippen LogP contribution is -2.11. The number of phenolic OH excluding ortho intramolecular Hbond substituents is 2. The number of carbonyl (C=O) groups is 2. The first kappa shape index (κ1) is 13.7. The van der Waals surface area contributed by atoms with E-state index in [0.29, 0.717) is 0 Å². The van der Waals surface area contributed by atoms with Crippen LogP contribution in [0.3, 0.4) is 0 Å². The Kier molecular flexibility index (Phi) is 3.47. The second kappa shape index (κ2) is 5.08. The van der Waals surface area contributed by atoms with Gasteiger partial charge in [0.25, 0.3) is 0 Å². The number of carboxylic acids is 1. The molecule has 6 nitrogen and oxygen atoms in total. The van der Waals surface area contributed by atoms with Crippen LogP contribution < -0.4 is 0 Å². The van der Waals surface area contributed by atoms with Gasteiger partial charge < -0.3 is 19.7 Å². The molecule has 104 valence electrons. The molecular formula is C14H12O6. The number of carbonyl (C=O) groups excluding carboxylic acids is 1. The summed E-state index contributed by atoms with van der Waals surface area (Å²) >= 11 is 0. The number of benzene rings is 1. The summed E-state index contributed by atoms with van der Waals surface area (Å²) in [5.41, 5.74) is 0.388. The lowest BCUT2D eigenvalue weighted by atomic mass is 9.92. The minimum atomic E-state index is -1.17. The highest BCUT2D eigenvalue weighted by atomic mass is 16.4. The summed E-state index contributed by atoms with van der Waals surface area (Å²) in [5, 5.41) is 28.4. The highest BCUT2D eigenvalue weighted by Gasteiger charge is 2.24. The monoisotopic (exact) mass is 276 g/mol. The van der Waals surface area contributed by atoms with E-state index in [1.165, 1.54) is 25.5 Å². The molecule has 20 heavy (non-hydrogen) atoms. The van der Waals surface area contributed by atoms with Gasteiger partial charge in [-0.15, -0.1) is 0 Å². The van der Waals surface area contributed by atoms with Gasteiger partial charge in [-0.1, -0.05) is 0 Å². The SMILES string of the molecule is Cc1c(O)cc(O)c(C(=O)c2ccoc2)c1CC(=O)O. The van der Waals surface area contributed by atoms with Crippen molar-refractivity contribution in [2.75, 3.05) is 0 Å². The van der Waals surface area contributed by atoms with Gasteiger partial charge in [0.15, 0.2) is 5.78 Å². The van der Waals surface area contributed by atoms with E-state index in [0.717, 1.165) is 6.07 Å². The normalized spacial score (nSPS) is 10.4. The van der Waals surface area contributed by atoms with Crippen molar-refractivity contribution in [2.45, 2.75) is 13.3 Å². The quantitative estimate of drug-likeness (QED) is 0.735. The van der Waals surface area contributed by atoms with Crippen LogP contribution in [0, 0.1) is 6.92 Å². The standard InChI is InChI=1S/C14H12O6/c1-7-9(4-12(17)18)13(11(16)5-10(7)15)14(19)8-2-3-20-6-8/h2-3,5-6,15-16H,4H2,1H3,(H,17,18). The maximum Gasteiger partial charge on any atom is 0.307 e. The molecule has 0 saturated heterocycles. The Morgan fingerprint density at radius 2 is 1.95 bits per heavy atom. The summed E-state index contributed by atoms with van der Waals surface area (Å²) in [6.07, 6.45) is 2.02. The van der Waals surface area contributed by atoms with E-state index in [1.54, 1.807) is 0 Å². The Bertz CT molecular complexity index is 669. The molecule has 0 aliphatic rings. The van der Waals surface area contributed by atoms with E-state index in [4.69, 9.17) is 9.52 Å². The fourth-order valence-electron chi connectivity index (χ4n) is 1.97. The summed E-state index contributed by atoms with van der Waals surface area (Å²) in [4.78, 5) is 23.2. The third-order valence-electron chi connectivity index (χ3n) is 3.01. The van der Waals surface area contributed by atoms with E-state index >= 15 is 0 Å². The van der Waals surface area contributed by atoms with Crippen LogP contribution in [-0.4, -0.2) is 27.1 Å². The zero-order chi connectivity index (χ0) is 14.9. The van der Waals surface area contributed by atoms with Crippen molar-refractivity contribution in [3.05, 3.63) is 46.9 Å². The summed E-state index contributed by atoms with van der Waals surface area (Å²) in [5.74, 6) is -2.45. The first-order chi connectivity index (χ1) is 9.41. The van der Waals surface area contributed by atoms with Crippen molar-refractivity contribution in [2.24, 2.45) is 0 Å². The predicted octanol–water partition coefficient (Wildman–Crippen LogP) is 1.86. The Hall–Kier alpha value is -2.76. The average Bonchev–Trinajstić information content (AvgIpc) is 2.88. The van der Waals surface area contributed by atoms with Gasteiger partial charge in [-0.25, -0.2) is 0 Å². The van der Waals surface area contributed by atoms with Crippen LogP contribution in [0.2, 0.25) is 0 Å². The molecule has 0 saturated carbocycles. The number of hydrogen-bond donors (Lipinski definition) is 3. The Balaban J connectivity index is 2.64. The van der Waals surface area contributed by atoms with E-state index in [9.17, 15) is 19.8 Å². The number of aromatic hydroxyl groups is 2. The highest BCUT2D eigenvalue weighted by molar-refractivity contribution is 6.12. The number of furan rings is 1. The van der Waals surface area contributed by atoms with Gasteiger partial charge in [0, 0.05) is 6.07 Å². The fraction of sp³-hybridized carbons (Fsp3) is 0.143. The number of aliphatic carboxylic acids is 1. The van der Waals surface area contributed by atoms with Crippen molar-refractivity contribution in [3.8, 4) is 11.5 Å². The summed E-state index contributed by atoms with van der Waals surface area (Å²) < 4.78 is 4.80. The maximum atomic E-state index is 12.3. The van der Waals surface area contributed by atoms with Gasteiger partial charge in [-0.3, -0.25) is 9.59 Å². The van der Waals surface area contributed by atoms with Crippen LogP contribution in [0.5, 0.6) is 11.5 Å². The molecule has 2 rings (SSSR count). The summed E-state index contributed by atoms with van der Waals surface area (Å²) in [7, 11) is 0. The molecular weight excluding hydrogens is 264 g/mol. The molecule has 2 aromatic rings. The minimum absolute atomic E-state index is 0.0844. The molecule has 0 spiro atoms. The van der Waals surface area contributed by atoms with Gasteiger partial charge >= 0.3 is 5.97 Å². The Morgan fingerprint density at radius 3 is 2.50 bits per heavy atom. The Morgan fingerprint density at radius 1 is 1.25 bits per heavy atom. The van der Waals surface area contributed by atoms with Crippen molar-refractivity contribution in [3.63, 3.8) is 0 Å². The largest absolute Gasteiger partial charge is 0.508 e. The lowest BCUT2D eigenvalue weighted by Gasteiger charge is -2.13. The van der Waals surface area contributed by atoms with E-state index in [1.807, 2.05) is 0 Å². The molecule has 1 aromatic carbocycles. The van der Waals surface area contributed by atoms with E-state index in [-0.39, 0.29) is 28.0 Å². The molecule has 0 unspecified atom stereocenters. The second-order valence-electron chi connectivity index (χ2n) is 4.31. The molecule has 0 atom stereocenters. The van der Waals surface area contributed by atoms with Gasteiger partial charge in [0.1, 0.15) is 17.8 Å². The van der Waals surface area contributed by atoms with Crippen LogP contribution >= 0.6 is 0 Å². The van der Waals surface area contributed by atoms with Crippen molar-refractivity contribution < 1.29 is 29.3 Å². The van der Waals surface area contributed by atoms with Gasteiger partial charge in [0.05, 0.1) is 23.8 Å². The highest BCUT2D eigenvalue weighted by Crippen LogP contribution is 2.33. The number of carboxylic acid groups (broad SMARTS) is 1. The molecule has 0 bridgehead atoms. The maximum absolute atomic E-state index is 12.3. The Labute approximate surface area is 113 Å². The van der Waals surface area contributed by atoms with E-state index < -0.39 is 23.9 Å². The minimum Gasteiger partial charge on any atom is -0.508 e. The summed E-state index contributed by atoms with van der Waals surface area (Å²) in [6.45, 7) is 1.49. The molecule has 0 aliphatic heterocycles. The molecule has 0 fully saturated rings. The third kappa shape index (κ3) is 2.35. The van der Waals surface area contributed by atoms with Crippen molar-refractivity contribution in [1.29, 1.82) is 0 Å². The number of hydrogen-bond acceptors (Lipinski definition) is 5. The number of ketones is 1. The second-order valence-corrected chi connectivity index (χ2v) is 4.31. The van der Waals surface area contributed by atoms with Crippen LogP contribution in [0.4, 0.5) is 0 Å². The molecule has 1 heterocycles. The summed E-state index contributed by atoms with van der Waals surface area (Å²) in [6, 6.07) is 2.43. The number of phenols is 2. The number of rotatable bonds is 4. The van der Waals surface area contributed by atoms with Crippen molar-refractivity contribution in [1.82, 2.24) is 0 Å². The topological polar surface area (TPSA) is 108 Å². The van der Waals surface area contributed by atoms with Crippen LogP contribution in [0.1, 0.15) is 27.0 Å². The lowest BCUT2D eigenvalue weighted by molar-refractivity contribution is -0.136. The van der Waals surface area contributed by atoms with Crippen LogP contribution in [0.15, 0.2) is 29.1 Å². The third-order valence-corrected chi connectivity index (χ3v) is 3.01. The smallest absolute Gasteiger partial charge is 0.307 e. The predicted molar refractivity (Wildman–Crippen MR) is 68.0 cm³/mol. The molecule has 0 amide bonds. The van der Waals surface area contributed by atoms with Crippen molar-refractivity contribution >= 4 is 11.8 Å². The molecule has 0 aliphatic carbocycles. The van der Waals surface area contributed by atoms with Crippen LogP contribution in [-0.2, 0) is 11.2 Å². The van der Waals surface area contributed by atoms with E-state index in [2.05, 4.69) is 0 Å². The zero-order valence-electron chi connectivity index (χ0n) is 10.6. The zero-order valence-corrected chi connectivity index (χ0v) is 10.6. The van der Waals surface area contributed by atoms with Gasteiger partial charge in [-0.2, -0.15) is 0 Å². The molecule has 3 N–H and O–H groups in total. The molecule has 1 aromatic heterocycles. The first-order valence-corrected chi connectivity index (χ1v) is 5.75. The van der Waals surface area contributed by atoms with Crippen LogP contribution in [0.25, 0.3) is 0 Å². The van der Waals surface area contributed by atoms with Gasteiger partial charge in [-0.05, 0) is 24.1 Å².